The lowest BCUT2D eigenvalue weighted by Gasteiger charge is -2.39. The summed E-state index contributed by atoms with van der Waals surface area (Å²) in [7, 11) is 0. The van der Waals surface area contributed by atoms with Crippen molar-refractivity contribution in [2.45, 2.75) is 82.3 Å². The third kappa shape index (κ3) is 7.24. The van der Waals surface area contributed by atoms with Crippen molar-refractivity contribution >= 4 is 74.0 Å². The quantitative estimate of drug-likeness (QED) is 0.158. The van der Waals surface area contributed by atoms with Crippen LogP contribution in [-0.2, 0) is 14.4 Å². The van der Waals surface area contributed by atoms with Gasteiger partial charge in [-0.15, -0.1) is 16.4 Å². The molecule has 10 rings (SSSR count). The zero-order valence-electron chi connectivity index (χ0n) is 33.0. The fourth-order valence-corrected chi connectivity index (χ4v) is 10.2. The van der Waals surface area contributed by atoms with Gasteiger partial charge in [0.25, 0.3) is 11.8 Å². The van der Waals surface area contributed by atoms with Crippen molar-refractivity contribution in [3.63, 3.8) is 0 Å². The highest BCUT2D eigenvalue weighted by atomic mass is 32.1. The van der Waals surface area contributed by atoms with E-state index in [1.54, 1.807) is 23.5 Å². The van der Waals surface area contributed by atoms with Gasteiger partial charge in [-0.2, -0.15) is 0 Å². The first kappa shape index (κ1) is 38.0. The number of thiazole rings is 1. The molecule has 2 aliphatic carbocycles. The van der Waals surface area contributed by atoms with Crippen LogP contribution < -0.4 is 20.9 Å². The average Bonchev–Trinajstić information content (AvgIpc) is 4.10. The predicted octanol–water partition coefficient (Wildman–Crippen LogP) is 5.53. The molecule has 3 aliphatic heterocycles. The number of hydrogen-bond acceptors (Lipinski definition) is 13. The van der Waals surface area contributed by atoms with Gasteiger partial charge >= 0.3 is 0 Å². The molecule has 4 fully saturated rings. The average molecular weight is 828 g/mol. The second-order valence-electron chi connectivity index (χ2n) is 16.5. The highest BCUT2D eigenvalue weighted by Gasteiger charge is 2.45. The highest BCUT2D eigenvalue weighted by molar-refractivity contribution is 7.16. The highest BCUT2D eigenvalue weighted by Crippen LogP contribution is 2.37. The normalized spacial score (nSPS) is 22.4. The number of carbonyl (C=O) groups excluding carboxylic acids is 5. The maximum atomic E-state index is 13.8. The number of pyridine rings is 1. The molecule has 6 heterocycles. The monoisotopic (exact) mass is 827 g/mol. The molecule has 0 bridgehead atoms. The molecule has 3 aromatic heterocycles. The van der Waals surface area contributed by atoms with Crippen LogP contribution in [0, 0.1) is 5.92 Å². The Morgan fingerprint density at radius 2 is 1.62 bits per heavy atom. The minimum absolute atomic E-state index is 0.0547. The number of carbonyl (C=O) groups is 5. The van der Waals surface area contributed by atoms with E-state index in [0.29, 0.717) is 32.2 Å². The molecular weight excluding hydrogens is 783 g/mol. The van der Waals surface area contributed by atoms with Crippen molar-refractivity contribution in [2.24, 2.45) is 5.92 Å². The fraction of sp³-hybridized carbons (Fsp3) is 0.419. The van der Waals surface area contributed by atoms with E-state index in [4.69, 9.17) is 4.98 Å². The van der Waals surface area contributed by atoms with E-state index in [1.807, 2.05) is 45.7 Å². The summed E-state index contributed by atoms with van der Waals surface area (Å²) >= 11 is 1.61. The Bertz CT molecular complexity index is 2510. The maximum absolute atomic E-state index is 13.8. The maximum Gasteiger partial charge on any atom is 0.262 e. The Labute approximate surface area is 349 Å². The number of piperazine rings is 1. The van der Waals surface area contributed by atoms with Crippen molar-refractivity contribution in [1.29, 1.82) is 0 Å². The molecule has 5 aliphatic rings. The number of amides is 5. The van der Waals surface area contributed by atoms with Gasteiger partial charge in [0.1, 0.15) is 17.6 Å². The summed E-state index contributed by atoms with van der Waals surface area (Å²) < 4.78 is 3.08. The van der Waals surface area contributed by atoms with Gasteiger partial charge in [0.05, 0.1) is 39.1 Å². The molecule has 0 spiro atoms. The lowest BCUT2D eigenvalue weighted by Crippen LogP contribution is -2.54. The molecule has 2 saturated carbocycles. The molecule has 2 aromatic carbocycles. The summed E-state index contributed by atoms with van der Waals surface area (Å²) in [6.45, 7) is 2.29. The van der Waals surface area contributed by atoms with Crippen molar-refractivity contribution in [2.75, 3.05) is 41.7 Å². The van der Waals surface area contributed by atoms with Crippen LogP contribution in [0.5, 0.6) is 0 Å². The third-order valence-electron chi connectivity index (χ3n) is 12.8. The molecular formula is C43H45N11O5S. The van der Waals surface area contributed by atoms with Gasteiger partial charge in [-0.05, 0) is 81.3 Å². The molecule has 16 nitrogen and oxygen atoms in total. The fourth-order valence-electron chi connectivity index (χ4n) is 9.48. The van der Waals surface area contributed by atoms with Crippen molar-refractivity contribution in [3.8, 4) is 11.3 Å². The Morgan fingerprint density at radius 3 is 2.42 bits per heavy atom. The van der Waals surface area contributed by atoms with Crippen LogP contribution in [0.15, 0.2) is 60.4 Å². The molecule has 5 amide bonds. The smallest absolute Gasteiger partial charge is 0.262 e. The van der Waals surface area contributed by atoms with Crippen LogP contribution in [0.1, 0.15) is 91.0 Å². The van der Waals surface area contributed by atoms with Crippen molar-refractivity contribution in [3.05, 3.63) is 71.5 Å². The Kier molecular flexibility index (Phi) is 9.97. The summed E-state index contributed by atoms with van der Waals surface area (Å²) in [5.41, 5.74) is 7.74. The first-order chi connectivity index (χ1) is 29.3. The van der Waals surface area contributed by atoms with E-state index in [-0.39, 0.29) is 41.8 Å². The minimum atomic E-state index is -1.00. The van der Waals surface area contributed by atoms with Gasteiger partial charge in [-0.25, -0.2) is 14.6 Å². The van der Waals surface area contributed by atoms with E-state index >= 15 is 0 Å². The van der Waals surface area contributed by atoms with Crippen molar-refractivity contribution < 1.29 is 24.0 Å². The number of benzene rings is 2. The molecule has 1 unspecified atom stereocenters. The summed E-state index contributed by atoms with van der Waals surface area (Å²) in [6.07, 6.45) is 12.0. The molecule has 2 saturated heterocycles. The van der Waals surface area contributed by atoms with Crippen LogP contribution in [0.3, 0.4) is 0 Å². The Balaban J connectivity index is 0.750. The number of piperidine rings is 1. The molecule has 5 aromatic rings. The lowest BCUT2D eigenvalue weighted by molar-refractivity contribution is -0.137. The topological polar surface area (TPSA) is 188 Å². The van der Waals surface area contributed by atoms with E-state index in [1.165, 1.54) is 12.8 Å². The van der Waals surface area contributed by atoms with E-state index in [2.05, 4.69) is 48.3 Å². The summed E-state index contributed by atoms with van der Waals surface area (Å²) in [4.78, 5) is 78.6. The summed E-state index contributed by atoms with van der Waals surface area (Å²) in [5, 5.41) is 18.7. The molecule has 3 N–H and O–H groups in total. The van der Waals surface area contributed by atoms with Gasteiger partial charge in [0.2, 0.25) is 17.7 Å². The van der Waals surface area contributed by atoms with Crippen LogP contribution in [0.2, 0.25) is 0 Å². The van der Waals surface area contributed by atoms with E-state index in [0.717, 1.165) is 87.8 Å². The Hall–Kier alpha value is -6.23. The zero-order chi connectivity index (χ0) is 40.9. The number of rotatable bonds is 9. The first-order valence-corrected chi connectivity index (χ1v) is 21.8. The SMILES string of the molecule is O=C1CCC(N2C(=O)c3ccc(N4CCN(C(=O)C5CCC(n6cc(-c7cnc(Nc8ccc9ncsc9c8)cc7NC7CCCC7)nn6)CC5)CC4)cc3C2=O)C(=O)N1. The van der Waals surface area contributed by atoms with Gasteiger partial charge in [-0.3, -0.25) is 34.2 Å². The second-order valence-corrected chi connectivity index (χ2v) is 17.4. The number of anilines is 4. The number of aromatic nitrogens is 5. The minimum Gasteiger partial charge on any atom is -0.382 e. The predicted molar refractivity (Wildman–Crippen MR) is 225 cm³/mol. The Morgan fingerprint density at radius 1 is 0.817 bits per heavy atom. The lowest BCUT2D eigenvalue weighted by atomic mass is 9.85. The van der Waals surface area contributed by atoms with Crippen LogP contribution in [0.25, 0.3) is 21.5 Å². The standard InChI is InChI=1S/C43H45N11O5S/c55-39-14-13-36(40(56)48-39)54-42(58)30-11-10-29(20-31(30)43(54)59)51-15-17-52(18-16-51)41(57)25-5-8-28(9-6-25)53-23-35(49-50-53)32-22-44-38(21-34(32)46-26-3-1-2-4-26)47-27-7-12-33-37(19-27)60-24-45-33/h7,10-12,19-26,28,36H,1-6,8-9,13-18H2,(H2,44,46,47)(H,48,55,56). The molecule has 17 heteroatoms. The van der Waals surface area contributed by atoms with Crippen LogP contribution >= 0.6 is 11.3 Å². The third-order valence-corrected chi connectivity index (χ3v) is 13.6. The second kappa shape index (κ2) is 15.7. The molecule has 0 radical (unpaired) electrons. The van der Waals surface area contributed by atoms with Gasteiger partial charge in [-0.1, -0.05) is 18.1 Å². The molecule has 308 valence electrons. The largest absolute Gasteiger partial charge is 0.382 e. The van der Waals surface area contributed by atoms with Gasteiger partial charge in [0, 0.05) is 79.4 Å². The van der Waals surface area contributed by atoms with Crippen LogP contribution in [-0.4, -0.2) is 103 Å². The molecule has 60 heavy (non-hydrogen) atoms. The number of nitrogens with zero attached hydrogens (tertiary/aromatic N) is 8. The van der Waals surface area contributed by atoms with Gasteiger partial charge in [0.15, 0.2) is 0 Å². The molecule has 1 atom stereocenters. The first-order valence-electron chi connectivity index (χ1n) is 20.9. The zero-order valence-corrected chi connectivity index (χ0v) is 33.8. The number of hydrogen-bond donors (Lipinski definition) is 3. The number of imide groups is 2. The summed E-state index contributed by atoms with van der Waals surface area (Å²) in [6, 6.07) is 12.9. The van der Waals surface area contributed by atoms with Gasteiger partial charge < -0.3 is 20.4 Å². The van der Waals surface area contributed by atoms with E-state index in [9.17, 15) is 24.0 Å². The number of fused-ring (bicyclic) bond motifs is 2. The van der Waals surface area contributed by atoms with E-state index < -0.39 is 29.7 Å². The summed E-state index contributed by atoms with van der Waals surface area (Å²) in [5.74, 6) is -1.22. The number of nitrogens with one attached hydrogen (secondary N) is 3. The van der Waals surface area contributed by atoms with Crippen molar-refractivity contribution in [1.82, 2.24) is 40.1 Å². The van der Waals surface area contributed by atoms with Crippen LogP contribution in [0.4, 0.5) is 22.9 Å².